The van der Waals surface area contributed by atoms with E-state index in [0.717, 1.165) is 18.8 Å². The lowest BCUT2D eigenvalue weighted by Crippen LogP contribution is -2.53. The average molecular weight is 366 g/mol. The van der Waals surface area contributed by atoms with E-state index in [1.807, 2.05) is 12.1 Å². The molecule has 2 amide bonds. The maximum absolute atomic E-state index is 12.9. The first-order chi connectivity index (χ1) is 12.1. The van der Waals surface area contributed by atoms with Crippen molar-refractivity contribution in [2.24, 2.45) is 5.41 Å². The van der Waals surface area contributed by atoms with Crippen LogP contribution < -0.4 is 15.5 Å². The number of piperidine rings is 1. The molecule has 1 atom stereocenters. The van der Waals surface area contributed by atoms with Crippen LogP contribution >= 0.6 is 11.6 Å². The summed E-state index contributed by atoms with van der Waals surface area (Å²) in [6.07, 6.45) is 2.04. The fourth-order valence-corrected chi connectivity index (χ4v) is 3.75. The molecular formula is C18H24ClN3O3. The Kier molecular flexibility index (Phi) is 5.61. The van der Waals surface area contributed by atoms with Crippen molar-refractivity contribution < 1.29 is 14.3 Å². The van der Waals surface area contributed by atoms with Crippen molar-refractivity contribution in [3.05, 3.63) is 29.3 Å². The van der Waals surface area contributed by atoms with Gasteiger partial charge in [0.05, 0.1) is 12.0 Å². The predicted molar refractivity (Wildman–Crippen MR) is 96.8 cm³/mol. The van der Waals surface area contributed by atoms with Gasteiger partial charge in [0.2, 0.25) is 11.8 Å². The first-order valence-electron chi connectivity index (χ1n) is 8.63. The third kappa shape index (κ3) is 3.81. The van der Waals surface area contributed by atoms with Crippen LogP contribution in [0.2, 0.25) is 5.02 Å². The minimum atomic E-state index is -0.548. The topological polar surface area (TPSA) is 70.7 Å². The maximum atomic E-state index is 12.9. The number of amides is 2. The monoisotopic (exact) mass is 365 g/mol. The molecule has 0 radical (unpaired) electrons. The Morgan fingerprint density at radius 3 is 2.68 bits per heavy atom. The highest BCUT2D eigenvalue weighted by atomic mass is 35.5. The number of nitrogens with zero attached hydrogens (tertiary/aromatic N) is 1. The largest absolute Gasteiger partial charge is 0.384 e. The van der Waals surface area contributed by atoms with Gasteiger partial charge in [-0.15, -0.1) is 0 Å². The summed E-state index contributed by atoms with van der Waals surface area (Å²) in [6, 6.07) is 6.69. The molecule has 2 aliphatic heterocycles. The zero-order chi connectivity index (χ0) is 17.9. The van der Waals surface area contributed by atoms with Crippen molar-refractivity contribution in [1.82, 2.24) is 10.6 Å². The van der Waals surface area contributed by atoms with Crippen LogP contribution in [0.3, 0.4) is 0 Å². The van der Waals surface area contributed by atoms with Crippen LogP contribution in [0.5, 0.6) is 0 Å². The van der Waals surface area contributed by atoms with E-state index in [9.17, 15) is 9.59 Å². The fraction of sp³-hybridized carbons (Fsp3) is 0.556. The SMILES string of the molecule is COCC1(C(=O)NC2CCN(c3ccc(Cl)cc3)C2=O)CCNCC1. The van der Waals surface area contributed by atoms with E-state index in [0.29, 0.717) is 37.4 Å². The van der Waals surface area contributed by atoms with Crippen molar-refractivity contribution in [1.29, 1.82) is 0 Å². The Hall–Kier alpha value is -1.63. The molecular weight excluding hydrogens is 342 g/mol. The number of carbonyl (C=O) groups is 2. The molecule has 136 valence electrons. The van der Waals surface area contributed by atoms with E-state index in [1.165, 1.54) is 0 Å². The highest BCUT2D eigenvalue weighted by molar-refractivity contribution is 6.30. The van der Waals surface area contributed by atoms with Crippen LogP contribution in [0.15, 0.2) is 24.3 Å². The summed E-state index contributed by atoms with van der Waals surface area (Å²) in [7, 11) is 1.61. The van der Waals surface area contributed by atoms with E-state index in [-0.39, 0.29) is 11.8 Å². The Morgan fingerprint density at radius 1 is 1.36 bits per heavy atom. The van der Waals surface area contributed by atoms with Gasteiger partial charge in [0.15, 0.2) is 0 Å². The third-order valence-corrected chi connectivity index (χ3v) is 5.36. The van der Waals surface area contributed by atoms with Gasteiger partial charge >= 0.3 is 0 Å². The molecule has 1 aromatic carbocycles. The molecule has 2 saturated heterocycles. The molecule has 0 aromatic heterocycles. The Balaban J connectivity index is 1.67. The van der Waals surface area contributed by atoms with E-state index in [2.05, 4.69) is 10.6 Å². The van der Waals surface area contributed by atoms with Gasteiger partial charge in [-0.1, -0.05) is 11.6 Å². The van der Waals surface area contributed by atoms with Crippen LogP contribution in [0.25, 0.3) is 0 Å². The lowest BCUT2D eigenvalue weighted by molar-refractivity contribution is -0.138. The predicted octanol–water partition coefficient (Wildman–Crippen LogP) is 1.58. The Bertz CT molecular complexity index is 623. The minimum Gasteiger partial charge on any atom is -0.384 e. The van der Waals surface area contributed by atoms with Crippen LogP contribution in [-0.2, 0) is 14.3 Å². The van der Waals surface area contributed by atoms with Gasteiger partial charge in [-0.25, -0.2) is 0 Å². The summed E-state index contributed by atoms with van der Waals surface area (Å²) in [5.41, 5.74) is 0.258. The number of rotatable bonds is 5. The molecule has 7 heteroatoms. The molecule has 1 unspecified atom stereocenters. The number of methoxy groups -OCH3 is 1. The summed E-state index contributed by atoms with van der Waals surface area (Å²) in [4.78, 5) is 27.3. The summed E-state index contributed by atoms with van der Waals surface area (Å²) in [6.45, 7) is 2.53. The molecule has 2 heterocycles. The van der Waals surface area contributed by atoms with Crippen molar-refractivity contribution in [3.63, 3.8) is 0 Å². The molecule has 1 aromatic rings. The first-order valence-corrected chi connectivity index (χ1v) is 9.01. The molecule has 6 nitrogen and oxygen atoms in total. The van der Waals surface area contributed by atoms with Crippen molar-refractivity contribution in [3.8, 4) is 0 Å². The molecule has 0 spiro atoms. The van der Waals surface area contributed by atoms with Crippen LogP contribution in [0.1, 0.15) is 19.3 Å². The quantitative estimate of drug-likeness (QED) is 0.831. The number of hydrogen-bond donors (Lipinski definition) is 2. The van der Waals surface area contributed by atoms with Crippen LogP contribution in [-0.4, -0.2) is 51.2 Å². The number of carbonyl (C=O) groups excluding carboxylic acids is 2. The molecule has 0 bridgehead atoms. The molecule has 2 fully saturated rings. The van der Waals surface area contributed by atoms with Crippen LogP contribution in [0.4, 0.5) is 5.69 Å². The lowest BCUT2D eigenvalue weighted by atomic mass is 9.78. The molecule has 0 saturated carbocycles. The average Bonchev–Trinajstić information content (AvgIpc) is 2.97. The van der Waals surface area contributed by atoms with E-state index in [4.69, 9.17) is 16.3 Å². The second-order valence-electron chi connectivity index (χ2n) is 6.74. The van der Waals surface area contributed by atoms with Crippen molar-refractivity contribution in [2.75, 3.05) is 38.3 Å². The summed E-state index contributed by atoms with van der Waals surface area (Å²) >= 11 is 5.91. The van der Waals surface area contributed by atoms with E-state index < -0.39 is 11.5 Å². The number of halogens is 1. The number of benzene rings is 1. The highest BCUT2D eigenvalue weighted by Crippen LogP contribution is 2.30. The van der Waals surface area contributed by atoms with Gasteiger partial charge in [0, 0.05) is 24.4 Å². The van der Waals surface area contributed by atoms with Gasteiger partial charge in [-0.2, -0.15) is 0 Å². The van der Waals surface area contributed by atoms with Crippen LogP contribution in [0, 0.1) is 5.41 Å². The first kappa shape index (κ1) is 18.2. The smallest absolute Gasteiger partial charge is 0.249 e. The van der Waals surface area contributed by atoms with Gasteiger partial charge < -0.3 is 20.3 Å². The molecule has 0 aliphatic carbocycles. The molecule has 2 aliphatic rings. The number of anilines is 1. The van der Waals surface area contributed by atoms with Crippen molar-refractivity contribution in [2.45, 2.75) is 25.3 Å². The summed E-state index contributed by atoms with van der Waals surface area (Å²) < 4.78 is 5.30. The number of ether oxygens (including phenoxy) is 1. The third-order valence-electron chi connectivity index (χ3n) is 5.11. The van der Waals surface area contributed by atoms with Gasteiger partial charge in [-0.05, 0) is 56.6 Å². The molecule has 2 N–H and O–H groups in total. The molecule has 25 heavy (non-hydrogen) atoms. The zero-order valence-corrected chi connectivity index (χ0v) is 15.1. The normalized spacial score (nSPS) is 22.9. The second-order valence-corrected chi connectivity index (χ2v) is 7.18. The number of nitrogens with one attached hydrogen (secondary N) is 2. The van der Waals surface area contributed by atoms with E-state index >= 15 is 0 Å². The Morgan fingerprint density at radius 2 is 2.04 bits per heavy atom. The summed E-state index contributed by atoms with van der Waals surface area (Å²) in [5.74, 6) is -0.149. The highest BCUT2D eigenvalue weighted by Gasteiger charge is 2.43. The van der Waals surface area contributed by atoms with Gasteiger partial charge in [0.1, 0.15) is 6.04 Å². The minimum absolute atomic E-state index is 0.0721. The van der Waals surface area contributed by atoms with Gasteiger partial charge in [-0.3, -0.25) is 9.59 Å². The lowest BCUT2D eigenvalue weighted by Gasteiger charge is -2.36. The summed E-state index contributed by atoms with van der Waals surface area (Å²) in [5, 5.41) is 6.87. The van der Waals surface area contributed by atoms with Crippen molar-refractivity contribution >= 4 is 29.1 Å². The Labute approximate surface area is 152 Å². The van der Waals surface area contributed by atoms with E-state index in [1.54, 1.807) is 24.1 Å². The zero-order valence-electron chi connectivity index (χ0n) is 14.4. The second kappa shape index (κ2) is 7.72. The maximum Gasteiger partial charge on any atom is 0.249 e. The number of hydrogen-bond acceptors (Lipinski definition) is 4. The standard InChI is InChI=1S/C18H24ClN3O3/c1-25-12-18(7-9-20-10-8-18)17(24)21-15-6-11-22(16(15)23)14-4-2-13(19)3-5-14/h2-5,15,20H,6-12H2,1H3,(H,21,24). The van der Waals surface area contributed by atoms with Gasteiger partial charge in [0.25, 0.3) is 0 Å². The fourth-order valence-electron chi connectivity index (χ4n) is 3.62. The molecule has 3 rings (SSSR count).